The molecule has 1 saturated heterocycles. The topological polar surface area (TPSA) is 75.5 Å². The standard InChI is InChI=1S/C14H19N3O3/c1-3-9-16-13(15-12(4-2)14(16)18)10-5-7-11(8-6-10)17(19)20/h5-8,12-13,15H,3-4,9H2,1-2H3. The molecule has 1 heterocycles. The molecule has 1 amide bonds. The van der Waals surface area contributed by atoms with Gasteiger partial charge in [0.1, 0.15) is 6.17 Å². The predicted octanol–water partition coefficient (Wildman–Crippen LogP) is 2.21. The Hall–Kier alpha value is -1.95. The number of amides is 1. The molecule has 0 radical (unpaired) electrons. The van der Waals surface area contributed by atoms with Gasteiger partial charge in [0, 0.05) is 18.7 Å². The van der Waals surface area contributed by atoms with Crippen molar-refractivity contribution < 1.29 is 9.72 Å². The first-order valence-electron chi connectivity index (χ1n) is 6.89. The maximum Gasteiger partial charge on any atom is 0.269 e. The van der Waals surface area contributed by atoms with E-state index in [1.165, 1.54) is 12.1 Å². The summed E-state index contributed by atoms with van der Waals surface area (Å²) < 4.78 is 0. The highest BCUT2D eigenvalue weighted by Crippen LogP contribution is 2.27. The van der Waals surface area contributed by atoms with Crippen LogP contribution in [0.4, 0.5) is 5.69 Å². The number of rotatable bonds is 5. The second-order valence-corrected chi connectivity index (χ2v) is 4.91. The van der Waals surface area contributed by atoms with E-state index in [-0.39, 0.29) is 23.8 Å². The van der Waals surface area contributed by atoms with Gasteiger partial charge in [-0.25, -0.2) is 0 Å². The highest BCUT2D eigenvalue weighted by Gasteiger charge is 2.37. The van der Waals surface area contributed by atoms with Crippen molar-refractivity contribution in [3.05, 3.63) is 39.9 Å². The number of nitro groups is 1. The minimum Gasteiger partial charge on any atom is -0.322 e. The minimum absolute atomic E-state index is 0.0622. The summed E-state index contributed by atoms with van der Waals surface area (Å²) in [5.41, 5.74) is 0.945. The van der Waals surface area contributed by atoms with Gasteiger partial charge in [-0.05, 0) is 30.5 Å². The van der Waals surface area contributed by atoms with Gasteiger partial charge in [0.05, 0.1) is 11.0 Å². The van der Waals surface area contributed by atoms with Crippen LogP contribution in [0.3, 0.4) is 0 Å². The first kappa shape index (κ1) is 14.5. The Labute approximate surface area is 117 Å². The molecule has 6 nitrogen and oxygen atoms in total. The summed E-state index contributed by atoms with van der Waals surface area (Å²) in [6.45, 7) is 4.68. The van der Waals surface area contributed by atoms with Crippen molar-refractivity contribution >= 4 is 11.6 Å². The van der Waals surface area contributed by atoms with Crippen LogP contribution < -0.4 is 5.32 Å². The highest BCUT2D eigenvalue weighted by atomic mass is 16.6. The SMILES string of the molecule is CCCN1C(=O)C(CC)NC1c1ccc([N+](=O)[O-])cc1. The lowest BCUT2D eigenvalue weighted by Crippen LogP contribution is -2.31. The van der Waals surface area contributed by atoms with Crippen LogP contribution in [-0.2, 0) is 4.79 Å². The summed E-state index contributed by atoms with van der Waals surface area (Å²) in [6, 6.07) is 6.21. The molecule has 2 atom stereocenters. The molecule has 1 aliphatic heterocycles. The molecular weight excluding hydrogens is 258 g/mol. The number of carbonyl (C=O) groups is 1. The van der Waals surface area contributed by atoms with Crippen LogP contribution in [0.1, 0.15) is 38.4 Å². The lowest BCUT2D eigenvalue weighted by molar-refractivity contribution is -0.384. The zero-order valence-electron chi connectivity index (χ0n) is 11.7. The average Bonchev–Trinajstić information content (AvgIpc) is 2.76. The number of nitrogens with one attached hydrogen (secondary N) is 1. The van der Waals surface area contributed by atoms with Crippen molar-refractivity contribution in [1.82, 2.24) is 10.2 Å². The summed E-state index contributed by atoms with van der Waals surface area (Å²) in [5, 5.41) is 14.0. The van der Waals surface area contributed by atoms with Crippen LogP contribution in [0.25, 0.3) is 0 Å². The largest absolute Gasteiger partial charge is 0.322 e. The quantitative estimate of drug-likeness (QED) is 0.661. The zero-order chi connectivity index (χ0) is 14.7. The predicted molar refractivity (Wildman–Crippen MR) is 75.1 cm³/mol. The minimum atomic E-state index is -0.421. The fraction of sp³-hybridized carbons (Fsp3) is 0.500. The molecular formula is C14H19N3O3. The third-order valence-electron chi connectivity index (χ3n) is 3.54. The summed E-state index contributed by atoms with van der Waals surface area (Å²) in [4.78, 5) is 24.3. The second-order valence-electron chi connectivity index (χ2n) is 4.91. The van der Waals surface area contributed by atoms with Crippen molar-refractivity contribution in [1.29, 1.82) is 0 Å². The lowest BCUT2D eigenvalue weighted by atomic mass is 10.1. The van der Waals surface area contributed by atoms with Crippen LogP contribution in [0.2, 0.25) is 0 Å². The summed E-state index contributed by atoms with van der Waals surface area (Å²) >= 11 is 0. The van der Waals surface area contributed by atoms with Gasteiger partial charge in [-0.2, -0.15) is 0 Å². The molecule has 0 aromatic heterocycles. The lowest BCUT2D eigenvalue weighted by Gasteiger charge is -2.23. The Morgan fingerprint density at radius 2 is 1.95 bits per heavy atom. The number of nitro benzene ring substituents is 1. The first-order valence-corrected chi connectivity index (χ1v) is 6.89. The van der Waals surface area contributed by atoms with E-state index in [0.29, 0.717) is 6.54 Å². The summed E-state index contributed by atoms with van der Waals surface area (Å²) in [6.07, 6.45) is 1.43. The van der Waals surface area contributed by atoms with Crippen LogP contribution >= 0.6 is 0 Å². The van der Waals surface area contributed by atoms with Crippen molar-refractivity contribution in [2.24, 2.45) is 0 Å². The van der Waals surface area contributed by atoms with Gasteiger partial charge in [0.15, 0.2) is 0 Å². The van der Waals surface area contributed by atoms with Gasteiger partial charge < -0.3 is 4.90 Å². The van der Waals surface area contributed by atoms with Gasteiger partial charge in [0.25, 0.3) is 5.69 Å². The second kappa shape index (κ2) is 6.00. The van der Waals surface area contributed by atoms with Gasteiger partial charge in [-0.15, -0.1) is 0 Å². The van der Waals surface area contributed by atoms with E-state index in [0.717, 1.165) is 18.4 Å². The Morgan fingerprint density at radius 1 is 1.30 bits per heavy atom. The number of hydrogen-bond acceptors (Lipinski definition) is 4. The zero-order valence-corrected chi connectivity index (χ0v) is 11.7. The number of non-ortho nitro benzene ring substituents is 1. The first-order chi connectivity index (χ1) is 9.58. The smallest absolute Gasteiger partial charge is 0.269 e. The Kier molecular flexibility index (Phi) is 4.34. The molecule has 1 N–H and O–H groups in total. The van der Waals surface area contributed by atoms with Crippen LogP contribution in [-0.4, -0.2) is 28.3 Å². The molecule has 6 heteroatoms. The molecule has 1 aromatic carbocycles. The Balaban J connectivity index is 2.25. The van der Waals surface area contributed by atoms with E-state index >= 15 is 0 Å². The molecule has 2 rings (SSSR count). The maximum atomic E-state index is 12.2. The van der Waals surface area contributed by atoms with Crippen LogP contribution in [0.15, 0.2) is 24.3 Å². The van der Waals surface area contributed by atoms with Gasteiger partial charge in [-0.1, -0.05) is 13.8 Å². The van der Waals surface area contributed by atoms with Crippen LogP contribution in [0.5, 0.6) is 0 Å². The fourth-order valence-electron chi connectivity index (χ4n) is 2.51. The molecule has 0 aliphatic carbocycles. The number of nitrogens with zero attached hydrogens (tertiary/aromatic N) is 2. The number of benzene rings is 1. The van der Waals surface area contributed by atoms with Gasteiger partial charge in [0.2, 0.25) is 5.91 Å². The molecule has 0 spiro atoms. The van der Waals surface area contributed by atoms with Crippen LogP contribution in [0, 0.1) is 10.1 Å². The van der Waals surface area contributed by atoms with Gasteiger partial charge in [-0.3, -0.25) is 20.2 Å². The number of hydrogen-bond donors (Lipinski definition) is 1. The van der Waals surface area contributed by atoms with E-state index in [2.05, 4.69) is 5.32 Å². The Morgan fingerprint density at radius 3 is 2.45 bits per heavy atom. The molecule has 2 unspecified atom stereocenters. The van der Waals surface area contributed by atoms with E-state index in [1.54, 1.807) is 12.1 Å². The fourth-order valence-corrected chi connectivity index (χ4v) is 2.51. The number of carbonyl (C=O) groups excluding carboxylic acids is 1. The molecule has 108 valence electrons. The highest BCUT2D eigenvalue weighted by molar-refractivity contribution is 5.84. The van der Waals surface area contributed by atoms with Crippen molar-refractivity contribution in [2.45, 2.75) is 38.9 Å². The van der Waals surface area contributed by atoms with E-state index in [1.807, 2.05) is 18.7 Å². The van der Waals surface area contributed by atoms with E-state index < -0.39 is 4.92 Å². The normalized spacial score (nSPS) is 22.3. The molecule has 1 fully saturated rings. The summed E-state index contributed by atoms with van der Waals surface area (Å²) in [5.74, 6) is 0.109. The Bertz CT molecular complexity index is 501. The third-order valence-corrected chi connectivity index (χ3v) is 3.54. The van der Waals surface area contributed by atoms with Crippen molar-refractivity contribution in [3.63, 3.8) is 0 Å². The maximum absolute atomic E-state index is 12.2. The molecule has 1 aromatic rings. The van der Waals surface area contributed by atoms with Crippen molar-refractivity contribution in [3.8, 4) is 0 Å². The molecule has 20 heavy (non-hydrogen) atoms. The average molecular weight is 277 g/mol. The van der Waals surface area contributed by atoms with Crippen molar-refractivity contribution in [2.75, 3.05) is 6.54 Å². The molecule has 0 saturated carbocycles. The molecule has 0 bridgehead atoms. The monoisotopic (exact) mass is 277 g/mol. The van der Waals surface area contributed by atoms with E-state index in [4.69, 9.17) is 0 Å². The van der Waals surface area contributed by atoms with E-state index in [9.17, 15) is 14.9 Å². The third kappa shape index (κ3) is 2.65. The van der Waals surface area contributed by atoms with Gasteiger partial charge >= 0.3 is 0 Å². The molecule has 1 aliphatic rings. The summed E-state index contributed by atoms with van der Waals surface area (Å²) in [7, 11) is 0.